The molecule has 0 aliphatic rings. The van der Waals surface area contributed by atoms with Gasteiger partial charge in [0.25, 0.3) is 0 Å². The van der Waals surface area contributed by atoms with Crippen molar-refractivity contribution in [3.8, 4) is 0 Å². The van der Waals surface area contributed by atoms with E-state index in [0.29, 0.717) is 42.5 Å². The molecule has 0 saturated carbocycles. The largest absolute Gasteiger partial charge is 0.370 e. The molecule has 6 rings (SSSR count). The SMILES string of the molecule is CCCCCCCC(=O)NCCCC[C@H](N)C(=O)N[C@@H](CCCN=C(N)N)C(=O)N[C@@H](Cc1c[nH]c2ccccc12)C(=O)N[C@@H](CCCN=C(N)N)C(=O)N[C@@H](Cc1c[nH]c2ccccc12)C(=O)N[C@@H](CCCN=C(N)N)C(=O)N[C@@H](Cc1c[nH]c2ccccc12)C(N)=O. The van der Waals surface area contributed by atoms with E-state index in [2.05, 4.69) is 74.1 Å². The minimum Gasteiger partial charge on any atom is -0.370 e. The van der Waals surface area contributed by atoms with Crippen LogP contribution in [0.4, 0.5) is 0 Å². The van der Waals surface area contributed by atoms with Crippen LogP contribution >= 0.6 is 0 Å². The minimum atomic E-state index is -1.44. The summed E-state index contributed by atoms with van der Waals surface area (Å²) in [5, 5.41) is 22.1. The number of benzene rings is 3. The van der Waals surface area contributed by atoms with Gasteiger partial charge in [0.15, 0.2) is 17.9 Å². The van der Waals surface area contributed by atoms with Gasteiger partial charge in [0.1, 0.15) is 36.3 Å². The molecule has 3 aromatic heterocycles. The number of guanidine groups is 3. The number of fused-ring (bicyclic) bond motifs is 3. The number of carbonyl (C=O) groups is 8. The second-order valence-electron chi connectivity index (χ2n) is 23.4. The molecular formula is C65H95N21O8. The van der Waals surface area contributed by atoms with Gasteiger partial charge in [-0.1, -0.05) is 87.2 Å². The maximum absolute atomic E-state index is 15.1. The van der Waals surface area contributed by atoms with Crippen LogP contribution in [0.2, 0.25) is 0 Å². The fraction of sp³-hybridized carbons (Fsp3) is 0.462. The Balaban J connectivity index is 1.27. The summed E-state index contributed by atoms with van der Waals surface area (Å²) in [6.07, 6.45) is 12.2. The van der Waals surface area contributed by atoms with Crippen molar-refractivity contribution in [3.63, 3.8) is 0 Å². The van der Waals surface area contributed by atoms with E-state index in [1.54, 1.807) is 18.6 Å². The van der Waals surface area contributed by atoms with Gasteiger partial charge in [0.2, 0.25) is 47.3 Å². The summed E-state index contributed by atoms with van der Waals surface area (Å²) in [5.41, 5.74) is 50.4. The summed E-state index contributed by atoms with van der Waals surface area (Å²) in [6, 6.07) is 12.9. The molecule has 0 unspecified atom stereocenters. The van der Waals surface area contributed by atoms with Crippen LogP contribution in [0, 0.1) is 0 Å². The number of hydrogen-bond acceptors (Lipinski definition) is 12. The molecule has 508 valence electrons. The van der Waals surface area contributed by atoms with Gasteiger partial charge in [-0.3, -0.25) is 53.3 Å². The molecule has 0 bridgehead atoms. The van der Waals surface area contributed by atoms with Gasteiger partial charge in [-0.25, -0.2) is 0 Å². The smallest absolute Gasteiger partial charge is 0.243 e. The molecule has 26 N–H and O–H groups in total. The van der Waals surface area contributed by atoms with E-state index >= 15 is 14.4 Å². The third kappa shape index (κ3) is 23.8. The van der Waals surface area contributed by atoms with Crippen LogP contribution in [-0.4, -0.2) is 149 Å². The summed E-state index contributed by atoms with van der Waals surface area (Å²) >= 11 is 0. The van der Waals surface area contributed by atoms with Crippen molar-refractivity contribution in [1.82, 2.24) is 52.2 Å². The van der Waals surface area contributed by atoms with Crippen molar-refractivity contribution in [3.05, 3.63) is 108 Å². The number of hydrogen-bond donors (Lipinski definition) is 18. The second kappa shape index (κ2) is 38.0. The maximum atomic E-state index is 15.1. The van der Waals surface area contributed by atoms with Crippen LogP contribution in [0.25, 0.3) is 32.7 Å². The van der Waals surface area contributed by atoms with Crippen molar-refractivity contribution in [2.45, 2.75) is 165 Å². The number of aliphatic imine (C=N–C) groups is 3. The van der Waals surface area contributed by atoms with E-state index in [9.17, 15) is 24.0 Å². The number of rotatable bonds is 42. The molecule has 0 fully saturated rings. The predicted molar refractivity (Wildman–Crippen MR) is 365 cm³/mol. The average molecular weight is 1300 g/mol. The summed E-state index contributed by atoms with van der Waals surface area (Å²) < 4.78 is 0. The fourth-order valence-electron chi connectivity index (χ4n) is 11.0. The highest BCUT2D eigenvalue weighted by molar-refractivity contribution is 5.98. The molecule has 0 radical (unpaired) electrons. The fourth-order valence-corrected chi connectivity index (χ4v) is 11.0. The van der Waals surface area contributed by atoms with Gasteiger partial charge >= 0.3 is 0 Å². The highest BCUT2D eigenvalue weighted by atomic mass is 16.2. The van der Waals surface area contributed by atoms with E-state index in [0.717, 1.165) is 64.8 Å². The van der Waals surface area contributed by atoms with Gasteiger partial charge in [0, 0.05) is 103 Å². The third-order valence-corrected chi connectivity index (χ3v) is 16.1. The summed E-state index contributed by atoms with van der Waals surface area (Å²) in [7, 11) is 0. The molecule has 94 heavy (non-hydrogen) atoms. The first kappa shape index (κ1) is 72.9. The number of nitrogens with two attached hydrogens (primary N) is 8. The van der Waals surface area contributed by atoms with E-state index in [1.165, 1.54) is 0 Å². The van der Waals surface area contributed by atoms with Gasteiger partial charge in [-0.05, 0) is 99.1 Å². The lowest BCUT2D eigenvalue weighted by Gasteiger charge is -2.28. The molecule has 8 amide bonds. The first-order valence-electron chi connectivity index (χ1n) is 32.2. The maximum Gasteiger partial charge on any atom is 0.243 e. The number of carbonyl (C=O) groups excluding carboxylic acids is 8. The lowest BCUT2D eigenvalue weighted by Crippen LogP contribution is -2.60. The summed E-state index contributed by atoms with van der Waals surface area (Å²) in [6.45, 7) is 2.75. The van der Waals surface area contributed by atoms with E-state index < -0.39 is 83.6 Å². The molecule has 29 heteroatoms. The number of primary amides is 1. The second-order valence-corrected chi connectivity index (χ2v) is 23.4. The number of aromatic amines is 3. The zero-order valence-corrected chi connectivity index (χ0v) is 53.5. The number of aromatic nitrogens is 3. The summed E-state index contributed by atoms with van der Waals surface area (Å²) in [5.74, 6) is -6.08. The van der Waals surface area contributed by atoms with Crippen molar-refractivity contribution in [1.29, 1.82) is 0 Å². The number of unbranched alkanes of at least 4 members (excludes halogenated alkanes) is 5. The molecule has 0 aliphatic carbocycles. The van der Waals surface area contributed by atoms with Gasteiger partial charge in [-0.15, -0.1) is 0 Å². The molecule has 0 saturated heterocycles. The molecule has 7 atom stereocenters. The van der Waals surface area contributed by atoms with Gasteiger partial charge in [-0.2, -0.15) is 0 Å². The molecular weight excluding hydrogens is 1200 g/mol. The Kier molecular flexibility index (Phi) is 29.4. The van der Waals surface area contributed by atoms with Crippen molar-refractivity contribution >= 4 is 97.8 Å². The molecule has 3 heterocycles. The third-order valence-electron chi connectivity index (χ3n) is 16.1. The quantitative estimate of drug-likeness (QED) is 0.0142. The standard InChI is InChI=1S/C65H95N21O8/c1-2-3-4-5-6-28-55(87)74-29-14-13-21-45(66)57(89)81-49(25-15-30-75-63(68)69)59(91)85-53(34-40-37-79-47-23-11-8-19-43(40)47)62(94)83-51(27-17-32-77-65(72)73)60(92)86-54(35-41-38-80-48-24-12-9-20-44(41)48)61(93)82-50(26-16-31-76-64(70)71)58(90)84-52(56(67)88)33-39-36-78-46-22-10-7-18-42(39)46/h7-12,18-20,22-24,36-38,45,49-54,78-80H,2-6,13-17,21,25-35,66H2,1H3,(H2,67,88)(H,74,87)(H,81,89)(H,82,93)(H,83,94)(H,84,90)(H,85,91)(H,86,92)(H4,68,69,75)(H4,70,71,76)(H4,72,73,77)/t45-,49-,50-,51-,52-,53-,54-/m0/s1. The zero-order valence-electron chi connectivity index (χ0n) is 53.5. The van der Waals surface area contributed by atoms with Crippen LogP contribution in [0.3, 0.4) is 0 Å². The molecule has 0 aliphatic heterocycles. The van der Waals surface area contributed by atoms with Gasteiger partial charge < -0.3 is 98.0 Å². The van der Waals surface area contributed by atoms with Gasteiger partial charge in [0.05, 0.1) is 6.04 Å². The lowest BCUT2D eigenvalue weighted by molar-refractivity contribution is -0.135. The Hall–Kier alpha value is -10.2. The van der Waals surface area contributed by atoms with Crippen LogP contribution in [0.15, 0.2) is 106 Å². The Morgan fingerprint density at radius 2 is 0.755 bits per heavy atom. The molecule has 3 aromatic carbocycles. The highest BCUT2D eigenvalue weighted by Crippen LogP contribution is 2.23. The Morgan fingerprint density at radius 1 is 0.404 bits per heavy atom. The Bertz CT molecular complexity index is 3560. The van der Waals surface area contributed by atoms with E-state index in [-0.39, 0.29) is 108 Å². The van der Waals surface area contributed by atoms with Crippen molar-refractivity contribution in [2.24, 2.45) is 60.8 Å². The number of amides is 8. The van der Waals surface area contributed by atoms with E-state index in [4.69, 9.17) is 45.9 Å². The van der Waals surface area contributed by atoms with Crippen LogP contribution in [0.5, 0.6) is 0 Å². The Morgan fingerprint density at radius 3 is 1.15 bits per heavy atom. The average Bonchev–Trinajstić information content (AvgIpc) is 1.65. The first-order valence-corrected chi connectivity index (χ1v) is 32.2. The number of para-hydroxylation sites is 3. The minimum absolute atomic E-state index is 0.0121. The Labute approximate surface area is 546 Å². The molecule has 6 aromatic rings. The van der Waals surface area contributed by atoms with Crippen LogP contribution in [-0.2, 0) is 57.6 Å². The predicted octanol–water partition coefficient (Wildman–Crippen LogP) is 0.688. The van der Waals surface area contributed by atoms with Crippen molar-refractivity contribution < 1.29 is 38.4 Å². The van der Waals surface area contributed by atoms with Crippen LogP contribution < -0.4 is 83.1 Å². The number of H-pyrrole nitrogens is 3. The first-order chi connectivity index (χ1) is 45.2. The van der Waals surface area contributed by atoms with Crippen LogP contribution in [0.1, 0.15) is 120 Å². The van der Waals surface area contributed by atoms with E-state index in [1.807, 2.05) is 72.8 Å². The van der Waals surface area contributed by atoms with Crippen molar-refractivity contribution in [2.75, 3.05) is 26.2 Å². The zero-order chi connectivity index (χ0) is 67.9. The number of nitrogens with one attached hydrogen (secondary N) is 10. The highest BCUT2D eigenvalue weighted by Gasteiger charge is 2.35. The normalized spacial score (nSPS) is 13.4. The lowest BCUT2D eigenvalue weighted by atomic mass is 10.0. The number of nitrogens with zero attached hydrogens (tertiary/aromatic N) is 3. The summed E-state index contributed by atoms with van der Waals surface area (Å²) in [4.78, 5) is 135. The molecule has 29 nitrogen and oxygen atoms in total. The monoisotopic (exact) mass is 1300 g/mol. The topological polar surface area (TPSA) is 513 Å². The molecule has 0 spiro atoms.